The van der Waals surface area contributed by atoms with Crippen LogP contribution in [0.15, 0.2) is 24.3 Å². The zero-order chi connectivity index (χ0) is 18.9. The summed E-state index contributed by atoms with van der Waals surface area (Å²) in [5.74, 6) is -1.06. The first-order valence-electron chi connectivity index (χ1n) is 8.27. The van der Waals surface area contributed by atoms with Crippen LogP contribution in [0.5, 0.6) is 5.75 Å². The van der Waals surface area contributed by atoms with Gasteiger partial charge in [0.25, 0.3) is 0 Å². The zero-order valence-corrected chi connectivity index (χ0v) is 13.7. The highest BCUT2D eigenvalue weighted by Gasteiger charge is 2.53. The van der Waals surface area contributed by atoms with Crippen LogP contribution < -0.4 is 15.0 Å². The monoisotopic (exact) mass is 373 g/mol. The molecule has 1 aliphatic carbocycles. The molecule has 1 aromatic carbocycles. The largest absolute Gasteiger partial charge is 0.573 e. The van der Waals surface area contributed by atoms with E-state index < -0.39 is 23.2 Å². The number of nitro groups is 1. The topological polar surface area (TPSA) is 84.7 Å². The molecule has 0 radical (unpaired) electrons. The molecule has 26 heavy (non-hydrogen) atoms. The number of amides is 1. The Morgan fingerprint density at radius 3 is 2.35 bits per heavy atom. The minimum Gasteiger partial charge on any atom is -0.406 e. The number of nitrogens with one attached hydrogen (secondary N) is 1. The lowest BCUT2D eigenvalue weighted by Crippen LogP contribution is -2.45. The normalized spacial score (nSPS) is 23.4. The molecule has 1 heterocycles. The first kappa shape index (κ1) is 18.3. The van der Waals surface area contributed by atoms with Gasteiger partial charge in [-0.1, -0.05) is 0 Å². The van der Waals surface area contributed by atoms with Gasteiger partial charge in [0.05, 0.1) is 0 Å². The second-order valence-electron chi connectivity index (χ2n) is 6.51. The standard InChI is InChI=1S/C16H18F3N3O4/c17-16(18,19)26-12-3-1-11(2-4-12)21-7-5-10(6-8-21)20-15(23)13-9-14(13)22(24)25/h1-4,10,13-14H,5-9H2,(H,20,23)/t13-,14+/m1/s1. The maximum absolute atomic E-state index is 12.2. The third-order valence-electron chi connectivity index (χ3n) is 4.64. The molecule has 2 atom stereocenters. The molecule has 142 valence electrons. The Kier molecular flexibility index (Phi) is 4.92. The van der Waals surface area contributed by atoms with Crippen LogP contribution in [0.1, 0.15) is 19.3 Å². The Morgan fingerprint density at radius 1 is 1.23 bits per heavy atom. The molecule has 10 heteroatoms. The molecule has 1 aromatic rings. The number of piperidine rings is 1. The first-order valence-corrected chi connectivity index (χ1v) is 8.27. The molecule has 0 spiro atoms. The SMILES string of the molecule is O=C(NC1CCN(c2ccc(OC(F)(F)F)cc2)CC1)[C@@H]1C[C@@H]1[N+](=O)[O-]. The summed E-state index contributed by atoms with van der Waals surface area (Å²) in [6.45, 7) is 1.27. The molecular formula is C16H18F3N3O4. The smallest absolute Gasteiger partial charge is 0.406 e. The molecule has 1 saturated carbocycles. The quantitative estimate of drug-likeness (QED) is 0.633. The van der Waals surface area contributed by atoms with Crippen molar-refractivity contribution in [1.29, 1.82) is 0 Å². The lowest BCUT2D eigenvalue weighted by Gasteiger charge is -2.34. The molecule has 0 aromatic heterocycles. The van der Waals surface area contributed by atoms with Gasteiger partial charge < -0.3 is 15.0 Å². The van der Waals surface area contributed by atoms with Crippen LogP contribution in [0.25, 0.3) is 0 Å². The fraction of sp³-hybridized carbons (Fsp3) is 0.562. The van der Waals surface area contributed by atoms with Crippen molar-refractivity contribution < 1.29 is 27.6 Å². The predicted molar refractivity (Wildman–Crippen MR) is 85.4 cm³/mol. The number of rotatable bonds is 5. The number of halogens is 3. The lowest BCUT2D eigenvalue weighted by atomic mass is 10.0. The van der Waals surface area contributed by atoms with Crippen molar-refractivity contribution in [1.82, 2.24) is 5.32 Å². The van der Waals surface area contributed by atoms with Gasteiger partial charge >= 0.3 is 6.36 Å². The lowest BCUT2D eigenvalue weighted by molar-refractivity contribution is -0.497. The van der Waals surface area contributed by atoms with Crippen LogP contribution >= 0.6 is 0 Å². The number of anilines is 1. The van der Waals surface area contributed by atoms with Crippen LogP contribution in [-0.4, -0.2) is 42.4 Å². The van der Waals surface area contributed by atoms with Gasteiger partial charge in [0.15, 0.2) is 0 Å². The van der Waals surface area contributed by atoms with Gasteiger partial charge in [-0.25, -0.2) is 0 Å². The highest BCUT2D eigenvalue weighted by Crippen LogP contribution is 2.33. The molecule has 1 N–H and O–H groups in total. The van der Waals surface area contributed by atoms with E-state index in [9.17, 15) is 28.1 Å². The van der Waals surface area contributed by atoms with E-state index in [4.69, 9.17) is 0 Å². The van der Waals surface area contributed by atoms with Gasteiger partial charge in [0.2, 0.25) is 11.9 Å². The van der Waals surface area contributed by atoms with Gasteiger partial charge in [-0.2, -0.15) is 0 Å². The van der Waals surface area contributed by atoms with Gasteiger partial charge in [0.1, 0.15) is 11.7 Å². The number of ether oxygens (including phenoxy) is 1. The summed E-state index contributed by atoms with van der Waals surface area (Å²) in [4.78, 5) is 24.2. The zero-order valence-electron chi connectivity index (χ0n) is 13.7. The van der Waals surface area contributed by atoms with Crippen molar-refractivity contribution in [3.8, 4) is 5.75 Å². The van der Waals surface area contributed by atoms with E-state index in [1.165, 1.54) is 12.1 Å². The number of hydrogen-bond donors (Lipinski definition) is 1. The number of carbonyl (C=O) groups is 1. The Bertz CT molecular complexity index is 672. The van der Waals surface area contributed by atoms with Crippen molar-refractivity contribution in [2.45, 2.75) is 37.7 Å². The summed E-state index contributed by atoms with van der Waals surface area (Å²) >= 11 is 0. The second-order valence-corrected chi connectivity index (χ2v) is 6.51. The van der Waals surface area contributed by atoms with E-state index in [2.05, 4.69) is 10.1 Å². The summed E-state index contributed by atoms with van der Waals surface area (Å²) < 4.78 is 40.4. The van der Waals surface area contributed by atoms with Crippen LogP contribution in [-0.2, 0) is 4.79 Å². The van der Waals surface area contributed by atoms with E-state index in [0.29, 0.717) is 32.4 Å². The van der Waals surface area contributed by atoms with Crippen LogP contribution in [0, 0.1) is 16.0 Å². The molecule has 2 aliphatic rings. The highest BCUT2D eigenvalue weighted by molar-refractivity contribution is 5.82. The van der Waals surface area contributed by atoms with Gasteiger partial charge in [-0.05, 0) is 37.1 Å². The Morgan fingerprint density at radius 2 is 1.85 bits per heavy atom. The summed E-state index contributed by atoms with van der Waals surface area (Å²) in [6, 6.07) is 4.85. The second kappa shape index (κ2) is 7.00. The number of hydrogen-bond acceptors (Lipinski definition) is 5. The maximum atomic E-state index is 12.2. The van der Waals surface area contributed by atoms with Crippen LogP contribution in [0.3, 0.4) is 0 Å². The molecule has 1 amide bonds. The predicted octanol–water partition coefficient (Wildman–Crippen LogP) is 2.34. The molecule has 7 nitrogen and oxygen atoms in total. The third-order valence-corrected chi connectivity index (χ3v) is 4.64. The van der Waals surface area contributed by atoms with Gasteiger partial charge in [0, 0.05) is 36.2 Å². The number of alkyl halides is 3. The molecule has 0 unspecified atom stereocenters. The number of carbonyl (C=O) groups excluding carboxylic acids is 1. The molecule has 3 rings (SSSR count). The average molecular weight is 373 g/mol. The number of benzene rings is 1. The third kappa shape index (κ3) is 4.55. The van der Waals surface area contributed by atoms with Crippen LogP contribution in [0.2, 0.25) is 0 Å². The van der Waals surface area contributed by atoms with Crippen molar-refractivity contribution >= 4 is 11.6 Å². The van der Waals surface area contributed by atoms with Crippen molar-refractivity contribution in [3.63, 3.8) is 0 Å². The molecule has 1 saturated heterocycles. The minimum atomic E-state index is -4.71. The van der Waals surface area contributed by atoms with E-state index in [-0.39, 0.29) is 17.7 Å². The molecular weight excluding hydrogens is 355 g/mol. The molecule has 2 fully saturated rings. The molecule has 0 bridgehead atoms. The fourth-order valence-corrected chi connectivity index (χ4v) is 3.15. The summed E-state index contributed by atoms with van der Waals surface area (Å²) in [7, 11) is 0. The fourth-order valence-electron chi connectivity index (χ4n) is 3.15. The van der Waals surface area contributed by atoms with E-state index in [0.717, 1.165) is 5.69 Å². The summed E-state index contributed by atoms with van der Waals surface area (Å²) in [6.07, 6.45) is -3.08. The van der Waals surface area contributed by atoms with Crippen molar-refractivity contribution in [2.75, 3.05) is 18.0 Å². The van der Waals surface area contributed by atoms with Gasteiger partial charge in [-0.3, -0.25) is 14.9 Å². The van der Waals surface area contributed by atoms with E-state index >= 15 is 0 Å². The maximum Gasteiger partial charge on any atom is 0.573 e. The van der Waals surface area contributed by atoms with Crippen LogP contribution in [0.4, 0.5) is 18.9 Å². The molecule has 1 aliphatic heterocycles. The highest BCUT2D eigenvalue weighted by atomic mass is 19.4. The average Bonchev–Trinajstić information content (AvgIpc) is 3.36. The van der Waals surface area contributed by atoms with E-state index in [1.54, 1.807) is 12.1 Å². The Balaban J connectivity index is 1.46. The Hall–Kier alpha value is -2.52. The van der Waals surface area contributed by atoms with E-state index in [1.807, 2.05) is 4.90 Å². The van der Waals surface area contributed by atoms with Gasteiger partial charge in [-0.15, -0.1) is 13.2 Å². The van der Waals surface area contributed by atoms with Crippen molar-refractivity contribution in [3.05, 3.63) is 34.4 Å². The minimum absolute atomic E-state index is 0.0420. The summed E-state index contributed by atoms with van der Waals surface area (Å²) in [5.41, 5.74) is 0.778. The first-order chi connectivity index (χ1) is 12.2. The summed E-state index contributed by atoms with van der Waals surface area (Å²) in [5, 5.41) is 13.5. The number of nitrogens with zero attached hydrogens (tertiary/aromatic N) is 2. The Labute approximate surface area is 147 Å². The van der Waals surface area contributed by atoms with Crippen molar-refractivity contribution in [2.24, 2.45) is 5.92 Å².